The summed E-state index contributed by atoms with van der Waals surface area (Å²) < 4.78 is 25.6. The Morgan fingerprint density at radius 2 is 2.04 bits per heavy atom. The molecule has 2 aliphatic heterocycles. The Kier molecular flexibility index (Phi) is 6.76. The molecule has 150 valence electrons. The lowest BCUT2D eigenvalue weighted by molar-refractivity contribution is -0.126. The minimum absolute atomic E-state index is 0.00922. The Hall–Kier alpha value is -1.60. The van der Waals surface area contributed by atoms with E-state index in [-0.39, 0.29) is 17.6 Å². The number of rotatable bonds is 7. The molecular weight excluding hydrogens is 362 g/mol. The van der Waals surface area contributed by atoms with Crippen molar-refractivity contribution in [1.29, 1.82) is 0 Å². The summed E-state index contributed by atoms with van der Waals surface area (Å²) in [7, 11) is -3.21. The number of hydrogen-bond donors (Lipinski definition) is 1. The maximum absolute atomic E-state index is 12.5. The van der Waals surface area contributed by atoms with E-state index in [1.807, 2.05) is 0 Å². The summed E-state index contributed by atoms with van der Waals surface area (Å²) in [4.78, 5) is 14.9. The molecule has 0 radical (unpaired) electrons. The van der Waals surface area contributed by atoms with E-state index < -0.39 is 10.0 Å². The van der Waals surface area contributed by atoms with Crippen molar-refractivity contribution < 1.29 is 13.2 Å². The molecule has 1 N–H and O–H groups in total. The van der Waals surface area contributed by atoms with Crippen molar-refractivity contribution in [3.63, 3.8) is 0 Å². The monoisotopic (exact) mass is 393 g/mol. The number of nitrogens with one attached hydrogen (secondary N) is 1. The molecule has 6 nitrogen and oxygen atoms in total. The van der Waals surface area contributed by atoms with Gasteiger partial charge in [-0.2, -0.15) is 0 Å². The van der Waals surface area contributed by atoms with Crippen LogP contribution in [0.15, 0.2) is 24.3 Å². The van der Waals surface area contributed by atoms with Gasteiger partial charge >= 0.3 is 0 Å². The number of piperidine rings is 1. The molecule has 27 heavy (non-hydrogen) atoms. The zero-order chi connectivity index (χ0) is 19.3. The number of fused-ring (bicyclic) bond motifs is 1. The fourth-order valence-electron chi connectivity index (χ4n) is 4.06. The second kappa shape index (κ2) is 9.06. The highest BCUT2D eigenvalue weighted by Crippen LogP contribution is 2.26. The van der Waals surface area contributed by atoms with E-state index in [0.29, 0.717) is 19.6 Å². The van der Waals surface area contributed by atoms with Crippen LogP contribution < -0.4 is 10.2 Å². The minimum atomic E-state index is -3.21. The first-order valence-electron chi connectivity index (χ1n) is 10.1. The van der Waals surface area contributed by atoms with Crippen molar-refractivity contribution in [2.75, 3.05) is 43.4 Å². The number of anilines is 1. The van der Waals surface area contributed by atoms with Crippen LogP contribution in [0, 0.1) is 5.92 Å². The lowest BCUT2D eigenvalue weighted by Gasteiger charge is -2.32. The zero-order valence-corrected chi connectivity index (χ0v) is 17.0. The van der Waals surface area contributed by atoms with Gasteiger partial charge in [-0.15, -0.1) is 0 Å². The summed E-state index contributed by atoms with van der Waals surface area (Å²) in [6.07, 6.45) is 4.72. The Bertz CT molecular complexity index is 751. The maximum atomic E-state index is 12.5. The lowest BCUT2D eigenvalue weighted by atomic mass is 9.99. The zero-order valence-electron chi connectivity index (χ0n) is 16.2. The number of hydrogen-bond acceptors (Lipinski definition) is 4. The first-order chi connectivity index (χ1) is 13.0. The molecule has 1 unspecified atom stereocenters. The molecule has 1 aromatic carbocycles. The van der Waals surface area contributed by atoms with Gasteiger partial charge in [0.25, 0.3) is 0 Å². The Balaban J connectivity index is 1.44. The van der Waals surface area contributed by atoms with Gasteiger partial charge in [0.05, 0.1) is 11.7 Å². The van der Waals surface area contributed by atoms with E-state index in [2.05, 4.69) is 34.5 Å². The van der Waals surface area contributed by atoms with Crippen molar-refractivity contribution >= 4 is 21.6 Å². The van der Waals surface area contributed by atoms with Crippen LogP contribution in [0.25, 0.3) is 0 Å². The first kappa shape index (κ1) is 20.1. The van der Waals surface area contributed by atoms with Gasteiger partial charge in [-0.3, -0.25) is 4.79 Å². The maximum Gasteiger partial charge on any atom is 0.224 e. The van der Waals surface area contributed by atoms with Gasteiger partial charge in [0.15, 0.2) is 0 Å². The van der Waals surface area contributed by atoms with E-state index in [0.717, 1.165) is 38.8 Å². The van der Waals surface area contributed by atoms with Gasteiger partial charge in [-0.25, -0.2) is 12.7 Å². The Labute approximate surface area is 163 Å². The highest BCUT2D eigenvalue weighted by Gasteiger charge is 2.31. The van der Waals surface area contributed by atoms with Gasteiger partial charge in [-0.05, 0) is 50.7 Å². The molecule has 2 heterocycles. The summed E-state index contributed by atoms with van der Waals surface area (Å²) in [6, 6.07) is 8.55. The van der Waals surface area contributed by atoms with Crippen LogP contribution in [0.4, 0.5) is 5.69 Å². The summed E-state index contributed by atoms with van der Waals surface area (Å²) in [5.74, 6) is -0.139. The first-order valence-corrected chi connectivity index (χ1v) is 11.7. The number of carbonyl (C=O) groups excluding carboxylic acids is 1. The molecule has 1 fully saturated rings. The molecule has 0 aliphatic carbocycles. The SMILES string of the molecule is CCS(=O)(=O)N1CCCC(C(=O)NCCCN2CCCc3ccccc32)C1. The number of amides is 1. The van der Waals surface area contributed by atoms with Crippen molar-refractivity contribution in [1.82, 2.24) is 9.62 Å². The van der Waals surface area contributed by atoms with Crippen LogP contribution in [0.3, 0.4) is 0 Å². The molecule has 2 aliphatic rings. The van der Waals surface area contributed by atoms with E-state index in [9.17, 15) is 13.2 Å². The molecule has 0 bridgehead atoms. The number of carbonyl (C=O) groups is 1. The van der Waals surface area contributed by atoms with E-state index in [1.165, 1.54) is 22.0 Å². The van der Waals surface area contributed by atoms with E-state index in [4.69, 9.17) is 0 Å². The van der Waals surface area contributed by atoms with Crippen LogP contribution in [0.5, 0.6) is 0 Å². The van der Waals surface area contributed by atoms with Crippen LogP contribution in [0.1, 0.15) is 38.2 Å². The van der Waals surface area contributed by atoms with Crippen molar-refractivity contribution in [2.24, 2.45) is 5.92 Å². The average Bonchev–Trinajstić information content (AvgIpc) is 2.71. The predicted molar refractivity (Wildman–Crippen MR) is 108 cm³/mol. The smallest absolute Gasteiger partial charge is 0.224 e. The van der Waals surface area contributed by atoms with E-state index in [1.54, 1.807) is 6.92 Å². The second-order valence-corrected chi connectivity index (χ2v) is 9.72. The fraction of sp³-hybridized carbons (Fsp3) is 0.650. The molecule has 3 rings (SSSR count). The van der Waals surface area contributed by atoms with Gasteiger partial charge in [0.2, 0.25) is 15.9 Å². The molecule has 0 aromatic heterocycles. The largest absolute Gasteiger partial charge is 0.371 e. The van der Waals surface area contributed by atoms with Gasteiger partial charge < -0.3 is 10.2 Å². The Morgan fingerprint density at radius 1 is 1.22 bits per heavy atom. The Morgan fingerprint density at radius 3 is 2.85 bits per heavy atom. The quantitative estimate of drug-likeness (QED) is 0.720. The molecule has 1 atom stereocenters. The summed E-state index contributed by atoms with van der Waals surface area (Å²) in [6.45, 7) is 5.14. The lowest BCUT2D eigenvalue weighted by Crippen LogP contribution is -2.46. The molecule has 0 saturated carbocycles. The summed E-state index contributed by atoms with van der Waals surface area (Å²) in [5, 5.41) is 3.02. The number of benzene rings is 1. The van der Waals surface area contributed by atoms with Crippen LogP contribution in [0.2, 0.25) is 0 Å². The highest BCUT2D eigenvalue weighted by molar-refractivity contribution is 7.89. The average molecular weight is 394 g/mol. The third kappa shape index (κ3) is 5.02. The standard InChI is InChI=1S/C20H31N3O3S/c1-2-27(25,26)23-15-6-10-18(16-23)20(24)21-12-7-14-22-13-5-9-17-8-3-4-11-19(17)22/h3-4,8,11,18H,2,5-7,9-10,12-16H2,1H3,(H,21,24). The minimum Gasteiger partial charge on any atom is -0.371 e. The van der Waals surface area contributed by atoms with Crippen LogP contribution in [-0.2, 0) is 21.2 Å². The molecule has 0 spiro atoms. The van der Waals surface area contributed by atoms with Gasteiger partial charge in [0, 0.05) is 38.4 Å². The van der Waals surface area contributed by atoms with Gasteiger partial charge in [-0.1, -0.05) is 18.2 Å². The van der Waals surface area contributed by atoms with Crippen molar-refractivity contribution in [3.05, 3.63) is 29.8 Å². The van der Waals surface area contributed by atoms with Crippen molar-refractivity contribution in [2.45, 2.75) is 39.0 Å². The van der Waals surface area contributed by atoms with E-state index >= 15 is 0 Å². The fourth-order valence-corrected chi connectivity index (χ4v) is 5.24. The molecule has 1 aromatic rings. The number of aryl methyl sites for hydroxylation is 1. The summed E-state index contributed by atoms with van der Waals surface area (Å²) in [5.41, 5.74) is 2.73. The van der Waals surface area contributed by atoms with Gasteiger partial charge in [0.1, 0.15) is 0 Å². The topological polar surface area (TPSA) is 69.7 Å². The third-order valence-corrected chi connectivity index (χ3v) is 7.47. The molecule has 7 heteroatoms. The highest BCUT2D eigenvalue weighted by atomic mass is 32.2. The predicted octanol–water partition coefficient (Wildman–Crippen LogP) is 2.01. The second-order valence-electron chi connectivity index (χ2n) is 7.46. The van der Waals surface area contributed by atoms with Crippen molar-refractivity contribution in [3.8, 4) is 0 Å². The number of nitrogens with zero attached hydrogens (tertiary/aromatic N) is 2. The van der Waals surface area contributed by atoms with Crippen LogP contribution >= 0.6 is 0 Å². The normalized spacial score (nSPS) is 20.9. The number of para-hydroxylation sites is 1. The third-order valence-electron chi connectivity index (χ3n) is 5.62. The van der Waals surface area contributed by atoms with Crippen LogP contribution in [-0.4, -0.2) is 57.1 Å². The molecular formula is C20H31N3O3S. The molecule has 1 saturated heterocycles. The molecule has 1 amide bonds. The summed E-state index contributed by atoms with van der Waals surface area (Å²) >= 11 is 0. The number of sulfonamides is 1.